The highest BCUT2D eigenvalue weighted by Gasteiger charge is 2.20. The van der Waals surface area contributed by atoms with E-state index in [0.717, 1.165) is 6.54 Å². The zero-order valence-electron chi connectivity index (χ0n) is 18.9. The van der Waals surface area contributed by atoms with Gasteiger partial charge < -0.3 is 5.32 Å². The van der Waals surface area contributed by atoms with E-state index in [1.165, 1.54) is 33.5 Å². The zero-order valence-corrected chi connectivity index (χ0v) is 18.9. The molecule has 3 nitrogen and oxygen atoms in total. The van der Waals surface area contributed by atoms with Crippen LogP contribution in [0.15, 0.2) is 91.5 Å². The van der Waals surface area contributed by atoms with E-state index in [2.05, 4.69) is 134 Å². The van der Waals surface area contributed by atoms with E-state index < -0.39 is 0 Å². The first-order valence-electron chi connectivity index (χ1n) is 11.0. The van der Waals surface area contributed by atoms with Crippen molar-refractivity contribution in [2.24, 2.45) is 0 Å². The molecule has 3 aromatic carbocycles. The highest BCUT2D eigenvalue weighted by atomic mass is 15.1. The summed E-state index contributed by atoms with van der Waals surface area (Å²) in [5.41, 5.74) is 7.78. The second-order valence-corrected chi connectivity index (χ2v) is 8.53. The highest BCUT2D eigenvalue weighted by molar-refractivity contribution is 5.48. The molecule has 158 valence electrons. The van der Waals surface area contributed by atoms with Gasteiger partial charge in [0.2, 0.25) is 6.33 Å². The molecule has 0 spiro atoms. The lowest BCUT2D eigenvalue weighted by Gasteiger charge is -2.23. The van der Waals surface area contributed by atoms with Crippen molar-refractivity contribution in [1.82, 2.24) is 9.88 Å². The Kier molecular flexibility index (Phi) is 6.34. The number of aromatic nitrogens is 2. The molecule has 0 aliphatic heterocycles. The van der Waals surface area contributed by atoms with Crippen molar-refractivity contribution in [2.75, 3.05) is 0 Å². The molecule has 1 heterocycles. The topological polar surface area (TPSA) is 20.8 Å². The molecule has 0 unspecified atom stereocenters. The number of nitrogens with one attached hydrogen (secondary N) is 1. The van der Waals surface area contributed by atoms with Gasteiger partial charge in [-0.1, -0.05) is 78.4 Å². The lowest BCUT2D eigenvalue weighted by atomic mass is 10.0. The molecule has 0 radical (unpaired) electrons. The Bertz CT molecular complexity index is 1110. The van der Waals surface area contributed by atoms with Crippen molar-refractivity contribution in [1.29, 1.82) is 0 Å². The van der Waals surface area contributed by atoms with E-state index in [1.807, 2.05) is 0 Å². The quantitative estimate of drug-likeness (QED) is 0.383. The lowest BCUT2D eigenvalue weighted by molar-refractivity contribution is -0.699. The van der Waals surface area contributed by atoms with Gasteiger partial charge in [-0.05, 0) is 49.9 Å². The van der Waals surface area contributed by atoms with Crippen LogP contribution in [0.4, 0.5) is 0 Å². The summed E-state index contributed by atoms with van der Waals surface area (Å²) in [6.07, 6.45) is 6.53. The highest BCUT2D eigenvalue weighted by Crippen LogP contribution is 2.22. The van der Waals surface area contributed by atoms with Gasteiger partial charge in [-0.25, -0.2) is 9.13 Å². The van der Waals surface area contributed by atoms with Crippen LogP contribution in [-0.2, 0) is 6.54 Å². The van der Waals surface area contributed by atoms with Crippen LogP contribution in [0.3, 0.4) is 0 Å². The largest absolute Gasteiger partial charge is 0.300 e. The molecule has 0 aliphatic rings. The fourth-order valence-electron chi connectivity index (χ4n) is 4.50. The van der Waals surface area contributed by atoms with Crippen molar-refractivity contribution < 1.29 is 4.57 Å². The van der Waals surface area contributed by atoms with E-state index in [9.17, 15) is 0 Å². The molecule has 4 rings (SSSR count). The molecule has 3 heteroatoms. The van der Waals surface area contributed by atoms with Gasteiger partial charge in [0.25, 0.3) is 0 Å². The van der Waals surface area contributed by atoms with Crippen molar-refractivity contribution in [3.05, 3.63) is 119 Å². The Balaban J connectivity index is 1.60. The minimum atomic E-state index is 0.206. The Morgan fingerprint density at radius 1 is 0.839 bits per heavy atom. The number of hydrogen-bond acceptors (Lipinski definition) is 1. The van der Waals surface area contributed by atoms with Crippen LogP contribution in [-0.4, -0.2) is 4.57 Å². The second-order valence-electron chi connectivity index (χ2n) is 8.53. The molecule has 2 atom stereocenters. The molecular formula is C28H32N3+. The molecular weight excluding hydrogens is 378 g/mol. The van der Waals surface area contributed by atoms with Gasteiger partial charge in [0.15, 0.2) is 0 Å². The average Bonchev–Trinajstić information content (AvgIpc) is 3.21. The number of hydrogen-bond donors (Lipinski definition) is 1. The van der Waals surface area contributed by atoms with Gasteiger partial charge in [0, 0.05) is 6.04 Å². The van der Waals surface area contributed by atoms with E-state index >= 15 is 0 Å². The first-order valence-corrected chi connectivity index (χ1v) is 11.0. The first kappa shape index (κ1) is 21.1. The summed E-state index contributed by atoms with van der Waals surface area (Å²) in [7, 11) is 0. The van der Waals surface area contributed by atoms with Gasteiger partial charge in [-0.2, -0.15) is 0 Å². The molecule has 1 aromatic heterocycles. The van der Waals surface area contributed by atoms with Gasteiger partial charge in [0.05, 0.1) is 6.04 Å². The molecule has 0 saturated heterocycles. The van der Waals surface area contributed by atoms with Crippen LogP contribution in [0.5, 0.6) is 0 Å². The summed E-state index contributed by atoms with van der Waals surface area (Å²) >= 11 is 0. The maximum Gasteiger partial charge on any atom is 0.249 e. The molecule has 0 aliphatic carbocycles. The van der Waals surface area contributed by atoms with Crippen LogP contribution in [0.1, 0.15) is 46.8 Å². The summed E-state index contributed by atoms with van der Waals surface area (Å²) in [5.74, 6) is 0. The fourth-order valence-corrected chi connectivity index (χ4v) is 4.50. The summed E-state index contributed by atoms with van der Waals surface area (Å²) in [6, 6.07) is 26.3. The normalized spacial score (nSPS) is 13.2. The van der Waals surface area contributed by atoms with Crippen LogP contribution in [0.25, 0.3) is 5.69 Å². The average molecular weight is 411 g/mol. The summed E-state index contributed by atoms with van der Waals surface area (Å²) in [6.45, 7) is 9.63. The molecule has 31 heavy (non-hydrogen) atoms. The maximum atomic E-state index is 3.85. The predicted octanol–water partition coefficient (Wildman–Crippen LogP) is 5.78. The molecule has 0 saturated carbocycles. The minimum Gasteiger partial charge on any atom is -0.300 e. The van der Waals surface area contributed by atoms with E-state index in [4.69, 9.17) is 0 Å². The molecule has 1 N–H and O–H groups in total. The number of aryl methyl sites for hydroxylation is 3. The Labute approximate surface area is 186 Å². The minimum absolute atomic E-state index is 0.206. The van der Waals surface area contributed by atoms with Gasteiger partial charge in [-0.3, -0.25) is 0 Å². The monoisotopic (exact) mass is 410 g/mol. The van der Waals surface area contributed by atoms with Gasteiger partial charge in [-0.15, -0.1) is 0 Å². The molecule has 0 amide bonds. The van der Waals surface area contributed by atoms with Crippen LogP contribution >= 0.6 is 0 Å². The smallest absolute Gasteiger partial charge is 0.249 e. The van der Waals surface area contributed by atoms with Gasteiger partial charge in [0.1, 0.15) is 24.6 Å². The van der Waals surface area contributed by atoms with Crippen molar-refractivity contribution >= 4 is 0 Å². The number of imidazole rings is 1. The molecule has 0 bridgehead atoms. The van der Waals surface area contributed by atoms with Crippen molar-refractivity contribution in [3.63, 3.8) is 0 Å². The second kappa shape index (κ2) is 9.32. The number of nitrogens with zero attached hydrogens (tertiary/aromatic N) is 2. The Morgan fingerprint density at radius 2 is 1.42 bits per heavy atom. The maximum absolute atomic E-state index is 3.85. The van der Waals surface area contributed by atoms with Crippen molar-refractivity contribution in [3.8, 4) is 5.69 Å². The fraction of sp³-hybridized carbons (Fsp3) is 0.250. The standard InChI is InChI=1S/C28H32N3/c1-21-17-22(2)28(23(3)18-21)31-16-15-30(20-31)19-27(26-13-9-6-10-14-26)29-24(4)25-11-7-5-8-12-25/h5-18,20,24,27,29H,19H2,1-4H3/q+1/t24-,27+/m0/s1. The number of benzene rings is 3. The zero-order chi connectivity index (χ0) is 21.8. The van der Waals surface area contributed by atoms with Gasteiger partial charge >= 0.3 is 0 Å². The number of rotatable bonds is 7. The third-order valence-corrected chi connectivity index (χ3v) is 5.93. The summed E-state index contributed by atoms with van der Waals surface area (Å²) in [4.78, 5) is 0. The molecule has 0 fully saturated rings. The summed E-state index contributed by atoms with van der Waals surface area (Å²) in [5, 5.41) is 3.85. The van der Waals surface area contributed by atoms with E-state index in [-0.39, 0.29) is 12.1 Å². The third kappa shape index (κ3) is 4.95. The third-order valence-electron chi connectivity index (χ3n) is 5.93. The van der Waals surface area contributed by atoms with Crippen molar-refractivity contribution in [2.45, 2.75) is 46.3 Å². The molecule has 4 aromatic rings. The Morgan fingerprint density at radius 3 is 2.03 bits per heavy atom. The van der Waals surface area contributed by atoms with E-state index in [1.54, 1.807) is 0 Å². The lowest BCUT2D eigenvalue weighted by Crippen LogP contribution is -2.40. The van der Waals surface area contributed by atoms with Crippen LogP contribution < -0.4 is 9.88 Å². The summed E-state index contributed by atoms with van der Waals surface area (Å²) < 4.78 is 4.52. The first-order chi connectivity index (χ1) is 15.0. The van der Waals surface area contributed by atoms with Crippen LogP contribution in [0, 0.1) is 20.8 Å². The van der Waals surface area contributed by atoms with Crippen LogP contribution in [0.2, 0.25) is 0 Å². The Hall–Kier alpha value is -3.17. The van der Waals surface area contributed by atoms with E-state index in [0.29, 0.717) is 0 Å². The SMILES string of the molecule is Cc1cc(C)c(-n2cc[n+](C[C@@H](N[C@@H](C)c3ccccc3)c3ccccc3)c2)c(C)c1. The predicted molar refractivity (Wildman–Crippen MR) is 127 cm³/mol.